The molecule has 3 rings (SSSR count). The zero-order chi connectivity index (χ0) is 19.5. The van der Waals surface area contributed by atoms with Gasteiger partial charge in [-0.25, -0.2) is 8.42 Å². The number of hydrogen-bond acceptors (Lipinski definition) is 5. The summed E-state index contributed by atoms with van der Waals surface area (Å²) in [4.78, 5) is 4.18. The normalized spacial score (nSPS) is 23.7. The summed E-state index contributed by atoms with van der Waals surface area (Å²) in [6.45, 7) is 1.09. The molecule has 0 aromatic carbocycles. The largest absolute Gasteiger partial charge is 0.511 e. The first kappa shape index (κ1) is 20.5. The maximum absolute atomic E-state index is 12.7. The molecule has 0 N–H and O–H groups in total. The Kier molecular flexibility index (Phi) is 6.09. The van der Waals surface area contributed by atoms with E-state index in [0.29, 0.717) is 24.1 Å². The fourth-order valence-corrected chi connectivity index (χ4v) is 4.84. The van der Waals surface area contributed by atoms with Crippen LogP contribution in [0.5, 0.6) is 0 Å². The Hall–Kier alpha value is -1.23. The van der Waals surface area contributed by atoms with Crippen molar-refractivity contribution >= 4 is 10.0 Å². The fourth-order valence-electron chi connectivity index (χ4n) is 3.88. The Bertz CT molecular complexity index is 719. The minimum absolute atomic E-state index is 0.150. The van der Waals surface area contributed by atoms with Crippen LogP contribution in [0.15, 0.2) is 24.4 Å². The third-order valence-corrected chi connectivity index (χ3v) is 7.02. The van der Waals surface area contributed by atoms with Crippen molar-refractivity contribution in [2.45, 2.75) is 43.4 Å². The molecule has 0 aliphatic carbocycles. The van der Waals surface area contributed by atoms with Crippen LogP contribution in [0.2, 0.25) is 0 Å². The summed E-state index contributed by atoms with van der Waals surface area (Å²) in [6, 6.07) is 5.58. The predicted molar refractivity (Wildman–Crippen MR) is 91.1 cm³/mol. The third-order valence-electron chi connectivity index (χ3n) is 5.39. The summed E-state index contributed by atoms with van der Waals surface area (Å²) in [5.41, 5.74) is -4.97. The van der Waals surface area contributed by atoms with Crippen molar-refractivity contribution < 1.29 is 31.1 Å². The first-order chi connectivity index (χ1) is 12.7. The van der Waals surface area contributed by atoms with Crippen LogP contribution in [0.1, 0.15) is 31.4 Å². The molecule has 2 aliphatic heterocycles. The number of halogens is 3. The van der Waals surface area contributed by atoms with E-state index in [1.54, 1.807) is 6.20 Å². The molecular weight excluding hydrogens is 385 g/mol. The van der Waals surface area contributed by atoms with Gasteiger partial charge in [0.25, 0.3) is 0 Å². The van der Waals surface area contributed by atoms with Gasteiger partial charge in [0.1, 0.15) is 0 Å². The minimum Gasteiger partial charge on any atom is -0.375 e. The van der Waals surface area contributed by atoms with E-state index in [1.807, 2.05) is 18.2 Å². The molecule has 2 aliphatic rings. The summed E-state index contributed by atoms with van der Waals surface area (Å²) >= 11 is 0. The maximum atomic E-state index is 12.7. The molecule has 0 saturated carbocycles. The number of pyridine rings is 1. The van der Waals surface area contributed by atoms with Crippen LogP contribution in [0.25, 0.3) is 0 Å². The van der Waals surface area contributed by atoms with Crippen LogP contribution in [0.3, 0.4) is 0 Å². The van der Waals surface area contributed by atoms with E-state index < -0.39 is 21.1 Å². The van der Waals surface area contributed by atoms with Crippen LogP contribution in [-0.2, 0) is 26.1 Å². The van der Waals surface area contributed by atoms with E-state index >= 15 is 0 Å². The zero-order valence-corrected chi connectivity index (χ0v) is 15.6. The monoisotopic (exact) mass is 408 g/mol. The lowest BCUT2D eigenvalue weighted by atomic mass is 9.78. The van der Waals surface area contributed by atoms with Crippen molar-refractivity contribution in [2.24, 2.45) is 5.92 Å². The molecule has 27 heavy (non-hydrogen) atoms. The highest BCUT2D eigenvalue weighted by molar-refractivity contribution is 7.90. The molecule has 1 unspecified atom stereocenters. The van der Waals surface area contributed by atoms with Crippen molar-refractivity contribution in [1.82, 2.24) is 9.29 Å². The number of rotatable bonds is 6. The second-order valence-corrected chi connectivity index (χ2v) is 8.84. The zero-order valence-electron chi connectivity index (χ0n) is 14.8. The van der Waals surface area contributed by atoms with Gasteiger partial charge in [0.2, 0.25) is 0 Å². The van der Waals surface area contributed by atoms with Gasteiger partial charge in [0, 0.05) is 32.5 Å². The predicted octanol–water partition coefficient (Wildman–Crippen LogP) is 2.71. The molecule has 0 radical (unpaired) electrons. The second-order valence-electron chi connectivity index (χ2n) is 6.91. The van der Waals surface area contributed by atoms with Crippen LogP contribution in [0, 0.1) is 5.92 Å². The van der Waals surface area contributed by atoms with E-state index in [1.165, 1.54) is 0 Å². The molecule has 2 fully saturated rings. The molecular formula is C17H23F3N2O4S. The van der Waals surface area contributed by atoms with Gasteiger partial charge in [0.15, 0.2) is 0 Å². The summed E-state index contributed by atoms with van der Waals surface area (Å²) in [5.74, 6) is 0.150. The molecule has 1 spiro atoms. The Morgan fingerprint density at radius 2 is 2.04 bits per heavy atom. The Morgan fingerprint density at radius 1 is 1.30 bits per heavy atom. The molecule has 0 amide bonds. The Balaban J connectivity index is 1.51. The lowest BCUT2D eigenvalue weighted by molar-refractivity contribution is -0.0716. The Labute approximate surface area is 156 Å². The number of sulfonamides is 1. The van der Waals surface area contributed by atoms with Crippen LogP contribution in [-0.4, -0.2) is 55.1 Å². The number of hydrogen-bond donors (Lipinski definition) is 0. The van der Waals surface area contributed by atoms with Crippen molar-refractivity contribution in [2.75, 3.05) is 26.3 Å². The summed E-state index contributed by atoms with van der Waals surface area (Å²) in [6.07, 6.45) is 3.76. The second kappa shape index (κ2) is 8.02. The fraction of sp³-hybridized carbons (Fsp3) is 0.706. The summed E-state index contributed by atoms with van der Waals surface area (Å²) in [5, 5.41) is 0. The van der Waals surface area contributed by atoms with Crippen molar-refractivity contribution in [3.63, 3.8) is 0 Å². The van der Waals surface area contributed by atoms with E-state index in [4.69, 9.17) is 9.47 Å². The smallest absolute Gasteiger partial charge is 0.375 e. The standard InChI is InChI=1S/C17H23F3N2O4S/c18-17(19,20)27(23,24)22-9-6-16(7-10-22)14(5-12-26-16)4-11-25-13-15-3-1-2-8-21-15/h1-3,8,14H,4-7,9-13H2. The van der Waals surface area contributed by atoms with E-state index in [2.05, 4.69) is 4.98 Å². The highest BCUT2D eigenvalue weighted by atomic mass is 32.2. The summed E-state index contributed by atoms with van der Waals surface area (Å²) in [7, 11) is -5.27. The van der Waals surface area contributed by atoms with E-state index in [9.17, 15) is 21.6 Å². The molecule has 10 heteroatoms. The van der Waals surface area contributed by atoms with Crippen LogP contribution < -0.4 is 0 Å². The van der Waals surface area contributed by atoms with Gasteiger partial charge in [-0.1, -0.05) is 6.07 Å². The van der Waals surface area contributed by atoms with Crippen molar-refractivity contribution in [1.29, 1.82) is 0 Å². The van der Waals surface area contributed by atoms with Gasteiger partial charge in [0.05, 0.1) is 17.9 Å². The van der Waals surface area contributed by atoms with Crippen LogP contribution >= 0.6 is 0 Å². The quantitative estimate of drug-likeness (QED) is 0.677. The summed E-state index contributed by atoms with van der Waals surface area (Å²) < 4.78 is 73.4. The molecule has 3 heterocycles. The molecule has 2 saturated heterocycles. The van der Waals surface area contributed by atoms with Gasteiger partial charge >= 0.3 is 15.5 Å². The molecule has 1 aromatic heterocycles. The Morgan fingerprint density at radius 3 is 2.67 bits per heavy atom. The molecule has 0 bridgehead atoms. The first-order valence-corrected chi connectivity index (χ1v) is 10.4. The van der Waals surface area contributed by atoms with Gasteiger partial charge in [-0.3, -0.25) is 4.98 Å². The molecule has 152 valence electrons. The average molecular weight is 408 g/mol. The highest BCUT2D eigenvalue weighted by Crippen LogP contribution is 2.43. The van der Waals surface area contributed by atoms with Gasteiger partial charge in [-0.15, -0.1) is 0 Å². The number of ether oxygens (including phenoxy) is 2. The maximum Gasteiger partial charge on any atom is 0.511 e. The van der Waals surface area contributed by atoms with Crippen LogP contribution in [0.4, 0.5) is 13.2 Å². The number of piperidine rings is 1. The number of alkyl halides is 3. The van der Waals surface area contributed by atoms with Gasteiger partial charge in [-0.2, -0.15) is 17.5 Å². The lowest BCUT2D eigenvalue weighted by Gasteiger charge is -2.41. The van der Waals surface area contributed by atoms with Crippen molar-refractivity contribution in [3.05, 3.63) is 30.1 Å². The minimum atomic E-state index is -5.27. The van der Waals surface area contributed by atoms with E-state index in [0.717, 1.165) is 18.5 Å². The lowest BCUT2D eigenvalue weighted by Crippen LogP contribution is -2.52. The molecule has 1 atom stereocenters. The highest BCUT2D eigenvalue weighted by Gasteiger charge is 2.54. The average Bonchev–Trinajstić information content (AvgIpc) is 3.01. The van der Waals surface area contributed by atoms with Gasteiger partial charge < -0.3 is 9.47 Å². The number of aromatic nitrogens is 1. The molecule has 1 aromatic rings. The first-order valence-electron chi connectivity index (χ1n) is 8.93. The molecule has 6 nitrogen and oxygen atoms in total. The SMILES string of the molecule is O=S(=O)(N1CCC2(CC1)OCCC2CCOCc1ccccn1)C(F)(F)F. The number of nitrogens with zero attached hydrogens (tertiary/aromatic N) is 2. The van der Waals surface area contributed by atoms with Crippen molar-refractivity contribution in [3.8, 4) is 0 Å². The topological polar surface area (TPSA) is 68.7 Å². The van der Waals surface area contributed by atoms with E-state index in [-0.39, 0.29) is 31.8 Å². The third kappa shape index (κ3) is 4.44. The van der Waals surface area contributed by atoms with Gasteiger partial charge in [-0.05, 0) is 43.7 Å².